The van der Waals surface area contributed by atoms with Gasteiger partial charge in [-0.25, -0.2) is 0 Å². The van der Waals surface area contributed by atoms with Gasteiger partial charge < -0.3 is 24.4 Å². The summed E-state index contributed by atoms with van der Waals surface area (Å²) in [6.07, 6.45) is 1.67. The molecule has 26 heavy (non-hydrogen) atoms. The first-order valence-electron chi connectivity index (χ1n) is 8.28. The first-order chi connectivity index (χ1) is 12.5. The molecule has 2 aromatic carbocycles. The fourth-order valence-corrected chi connectivity index (χ4v) is 2.82. The molecule has 0 radical (unpaired) electrons. The van der Waals surface area contributed by atoms with Crippen molar-refractivity contribution in [2.24, 2.45) is 5.92 Å². The van der Waals surface area contributed by atoms with Crippen molar-refractivity contribution in [1.29, 1.82) is 0 Å². The Morgan fingerprint density at radius 2 is 1.46 bits per heavy atom. The molecule has 2 N–H and O–H groups in total. The normalized spacial score (nSPS) is 11.7. The van der Waals surface area contributed by atoms with E-state index < -0.39 is 0 Å². The summed E-state index contributed by atoms with van der Waals surface area (Å²) in [6, 6.07) is 10.2. The second-order valence-electron chi connectivity index (χ2n) is 5.98. The summed E-state index contributed by atoms with van der Waals surface area (Å²) in [7, 11) is 4.35. The summed E-state index contributed by atoms with van der Waals surface area (Å²) in [4.78, 5) is 12.2. The van der Waals surface area contributed by atoms with Crippen molar-refractivity contribution in [3.05, 3.63) is 47.5 Å². The Hall–Kier alpha value is -2.89. The van der Waals surface area contributed by atoms with Crippen LogP contribution in [0.15, 0.2) is 36.4 Å². The Morgan fingerprint density at radius 3 is 2.00 bits per heavy atom. The Labute approximate surface area is 152 Å². The fourth-order valence-electron chi connectivity index (χ4n) is 2.82. The van der Waals surface area contributed by atoms with Gasteiger partial charge in [0.25, 0.3) is 0 Å². The van der Waals surface area contributed by atoms with Crippen LogP contribution < -0.4 is 9.47 Å². The summed E-state index contributed by atoms with van der Waals surface area (Å²) in [5, 5.41) is 19.4. The number of esters is 1. The van der Waals surface area contributed by atoms with Gasteiger partial charge in [0.2, 0.25) is 0 Å². The smallest absolute Gasteiger partial charge is 0.309 e. The third-order valence-electron chi connectivity index (χ3n) is 4.29. The third-order valence-corrected chi connectivity index (χ3v) is 4.29. The van der Waals surface area contributed by atoms with Crippen LogP contribution in [0.5, 0.6) is 23.0 Å². The lowest BCUT2D eigenvalue weighted by atomic mass is 9.92. The lowest BCUT2D eigenvalue weighted by Gasteiger charge is -2.16. The molecule has 0 spiro atoms. The minimum absolute atomic E-state index is 0.0575. The summed E-state index contributed by atoms with van der Waals surface area (Å²) in [5.41, 5.74) is 1.83. The monoisotopic (exact) mass is 360 g/mol. The van der Waals surface area contributed by atoms with Crippen LogP contribution in [-0.2, 0) is 22.4 Å². The molecular formula is C20H24O6. The van der Waals surface area contributed by atoms with Crippen molar-refractivity contribution in [2.75, 3.05) is 21.3 Å². The second kappa shape index (κ2) is 8.99. The molecule has 0 aliphatic heterocycles. The van der Waals surface area contributed by atoms with Crippen molar-refractivity contribution < 1.29 is 29.2 Å². The average molecular weight is 360 g/mol. The molecule has 0 bridgehead atoms. The SMILES string of the molecule is COC(=O)C(CCc1ccc(O)c(OC)c1)Cc1ccc(O)c(OC)c1. The van der Waals surface area contributed by atoms with Crippen LogP contribution in [0.2, 0.25) is 0 Å². The van der Waals surface area contributed by atoms with Gasteiger partial charge in [-0.1, -0.05) is 12.1 Å². The van der Waals surface area contributed by atoms with E-state index in [0.29, 0.717) is 30.8 Å². The molecule has 0 aromatic heterocycles. The zero-order chi connectivity index (χ0) is 19.1. The lowest BCUT2D eigenvalue weighted by Crippen LogP contribution is -2.19. The predicted molar refractivity (Wildman–Crippen MR) is 96.8 cm³/mol. The second-order valence-corrected chi connectivity index (χ2v) is 5.98. The van der Waals surface area contributed by atoms with Crippen LogP contribution in [-0.4, -0.2) is 37.5 Å². The van der Waals surface area contributed by atoms with E-state index in [1.807, 2.05) is 0 Å². The van der Waals surface area contributed by atoms with E-state index in [-0.39, 0.29) is 23.4 Å². The summed E-state index contributed by atoms with van der Waals surface area (Å²) in [6.45, 7) is 0. The van der Waals surface area contributed by atoms with Crippen LogP contribution in [0.3, 0.4) is 0 Å². The highest BCUT2D eigenvalue weighted by Crippen LogP contribution is 2.30. The highest BCUT2D eigenvalue weighted by Gasteiger charge is 2.20. The van der Waals surface area contributed by atoms with E-state index in [9.17, 15) is 15.0 Å². The fraction of sp³-hybridized carbons (Fsp3) is 0.350. The molecular weight excluding hydrogens is 336 g/mol. The number of hydrogen-bond donors (Lipinski definition) is 2. The zero-order valence-corrected chi connectivity index (χ0v) is 15.2. The Balaban J connectivity index is 2.11. The minimum Gasteiger partial charge on any atom is -0.504 e. The van der Waals surface area contributed by atoms with Crippen LogP contribution in [0.4, 0.5) is 0 Å². The topological polar surface area (TPSA) is 85.2 Å². The highest BCUT2D eigenvalue weighted by molar-refractivity contribution is 5.72. The van der Waals surface area contributed by atoms with Crippen molar-refractivity contribution in [3.8, 4) is 23.0 Å². The van der Waals surface area contributed by atoms with Gasteiger partial charge in [0, 0.05) is 0 Å². The van der Waals surface area contributed by atoms with E-state index in [0.717, 1.165) is 11.1 Å². The molecule has 0 aliphatic carbocycles. The molecule has 0 saturated carbocycles. The number of ether oxygens (including phenoxy) is 3. The number of phenols is 2. The van der Waals surface area contributed by atoms with E-state index in [2.05, 4.69) is 0 Å². The molecule has 0 amide bonds. The molecule has 0 fully saturated rings. The van der Waals surface area contributed by atoms with Crippen molar-refractivity contribution in [2.45, 2.75) is 19.3 Å². The van der Waals surface area contributed by atoms with Crippen molar-refractivity contribution in [1.82, 2.24) is 0 Å². The van der Waals surface area contributed by atoms with Gasteiger partial charge in [0.05, 0.1) is 27.2 Å². The number of aryl methyl sites for hydroxylation is 1. The number of carbonyl (C=O) groups excluding carboxylic acids is 1. The maximum atomic E-state index is 12.2. The van der Waals surface area contributed by atoms with Gasteiger partial charge in [-0.15, -0.1) is 0 Å². The van der Waals surface area contributed by atoms with E-state index in [1.165, 1.54) is 21.3 Å². The molecule has 1 atom stereocenters. The highest BCUT2D eigenvalue weighted by atomic mass is 16.5. The number of rotatable bonds is 8. The molecule has 0 heterocycles. The molecule has 2 aromatic rings. The molecule has 140 valence electrons. The van der Waals surface area contributed by atoms with E-state index in [4.69, 9.17) is 14.2 Å². The standard InChI is InChI=1S/C20H24O6/c1-24-18-11-13(5-8-16(18)21)4-7-15(20(23)26-3)10-14-6-9-17(22)19(12-14)25-2/h5-6,8-9,11-12,15,21-22H,4,7,10H2,1-3H3. The summed E-state index contributed by atoms with van der Waals surface area (Å²) >= 11 is 0. The van der Waals surface area contributed by atoms with Gasteiger partial charge in [-0.3, -0.25) is 4.79 Å². The predicted octanol–water partition coefficient (Wildman–Crippen LogP) is 3.08. The van der Waals surface area contributed by atoms with Crippen LogP contribution in [0.25, 0.3) is 0 Å². The van der Waals surface area contributed by atoms with Gasteiger partial charge in [0.1, 0.15) is 0 Å². The first-order valence-corrected chi connectivity index (χ1v) is 8.28. The maximum Gasteiger partial charge on any atom is 0.309 e. The third kappa shape index (κ3) is 4.81. The van der Waals surface area contributed by atoms with Crippen LogP contribution in [0.1, 0.15) is 17.5 Å². The molecule has 1 unspecified atom stereocenters. The maximum absolute atomic E-state index is 12.2. The lowest BCUT2D eigenvalue weighted by molar-refractivity contribution is -0.145. The zero-order valence-electron chi connectivity index (χ0n) is 15.2. The minimum atomic E-state index is -0.339. The van der Waals surface area contributed by atoms with Gasteiger partial charge in [-0.2, -0.15) is 0 Å². The summed E-state index contributed by atoms with van der Waals surface area (Å²) in [5.74, 6) is 0.283. The molecule has 0 saturated heterocycles. The number of phenolic OH excluding ortho intramolecular Hbond substituents is 2. The Bertz CT molecular complexity index is 756. The molecule has 2 rings (SSSR count). The number of methoxy groups -OCH3 is 3. The Morgan fingerprint density at radius 1 is 0.923 bits per heavy atom. The first kappa shape index (κ1) is 19.4. The molecule has 6 nitrogen and oxygen atoms in total. The quantitative estimate of drug-likeness (QED) is 0.704. The van der Waals surface area contributed by atoms with Crippen molar-refractivity contribution in [3.63, 3.8) is 0 Å². The average Bonchev–Trinajstić information content (AvgIpc) is 2.66. The summed E-state index contributed by atoms with van der Waals surface area (Å²) < 4.78 is 15.2. The molecule has 0 aliphatic rings. The number of benzene rings is 2. The Kier molecular flexibility index (Phi) is 6.72. The van der Waals surface area contributed by atoms with Gasteiger partial charge in [-0.05, 0) is 54.7 Å². The van der Waals surface area contributed by atoms with Gasteiger partial charge >= 0.3 is 5.97 Å². The van der Waals surface area contributed by atoms with Gasteiger partial charge in [0.15, 0.2) is 23.0 Å². The van der Waals surface area contributed by atoms with E-state index >= 15 is 0 Å². The largest absolute Gasteiger partial charge is 0.504 e. The van der Waals surface area contributed by atoms with Crippen LogP contribution in [0, 0.1) is 5.92 Å². The van der Waals surface area contributed by atoms with Crippen molar-refractivity contribution >= 4 is 5.97 Å². The van der Waals surface area contributed by atoms with E-state index in [1.54, 1.807) is 36.4 Å². The van der Waals surface area contributed by atoms with Crippen LogP contribution >= 0.6 is 0 Å². The number of carbonyl (C=O) groups is 1. The molecule has 6 heteroatoms. The number of hydrogen-bond acceptors (Lipinski definition) is 6. The number of aromatic hydroxyl groups is 2.